The quantitative estimate of drug-likeness (QED) is 0.785. The van der Waals surface area contributed by atoms with Gasteiger partial charge in [-0.15, -0.1) is 0 Å². The molecule has 15 heavy (non-hydrogen) atoms. The van der Waals surface area contributed by atoms with Gasteiger partial charge in [-0.25, -0.2) is 0 Å². The highest BCUT2D eigenvalue weighted by Crippen LogP contribution is 2.44. The highest BCUT2D eigenvalue weighted by atomic mass is 16.2. The maximum Gasteiger partial charge on any atom is 0.230 e. The Morgan fingerprint density at radius 2 is 1.93 bits per heavy atom. The summed E-state index contributed by atoms with van der Waals surface area (Å²) in [5, 5.41) is 0. The highest BCUT2D eigenvalue weighted by Gasteiger charge is 2.50. The number of hydrogen-bond donors (Lipinski definition) is 1. The molecule has 3 aliphatic rings. The average molecular weight is 202 g/mol. The second kappa shape index (κ2) is 3.07. The molecule has 78 valence electrons. The summed E-state index contributed by atoms with van der Waals surface area (Å²) in [4.78, 5) is 13.8. The minimum atomic E-state index is 0.306. The average Bonchev–Trinajstić information content (AvgIpc) is 2.69. The largest absolute Gasteiger partial charge is 0.326 e. The van der Waals surface area contributed by atoms with E-state index >= 15 is 0 Å². The normalized spacial score (nSPS) is 28.1. The zero-order valence-electron chi connectivity index (χ0n) is 8.52. The zero-order valence-corrected chi connectivity index (χ0v) is 8.52. The summed E-state index contributed by atoms with van der Waals surface area (Å²) in [5.41, 5.74) is 7.67. The lowest BCUT2D eigenvalue weighted by atomic mass is 9.86. The van der Waals surface area contributed by atoms with E-state index in [9.17, 15) is 4.79 Å². The molecule has 1 aromatic rings. The van der Waals surface area contributed by atoms with Crippen molar-refractivity contribution < 1.29 is 4.79 Å². The SMILES string of the molecule is NCc1ccc(N2C(=O)C3CC2C3)cc1. The molecule has 3 heteroatoms. The van der Waals surface area contributed by atoms with Crippen molar-refractivity contribution in [2.24, 2.45) is 11.7 Å². The summed E-state index contributed by atoms with van der Waals surface area (Å²) in [6.07, 6.45) is 2.11. The Morgan fingerprint density at radius 3 is 2.40 bits per heavy atom. The van der Waals surface area contributed by atoms with E-state index < -0.39 is 0 Å². The van der Waals surface area contributed by atoms with E-state index in [1.165, 1.54) is 0 Å². The Bertz CT molecular complexity index is 393. The maximum absolute atomic E-state index is 11.8. The van der Waals surface area contributed by atoms with Gasteiger partial charge >= 0.3 is 0 Å². The molecule has 3 nitrogen and oxygen atoms in total. The van der Waals surface area contributed by atoms with Crippen molar-refractivity contribution >= 4 is 11.6 Å². The number of benzene rings is 1. The molecule has 2 heterocycles. The van der Waals surface area contributed by atoms with Crippen molar-refractivity contribution in [2.75, 3.05) is 4.90 Å². The first-order chi connectivity index (χ1) is 7.29. The van der Waals surface area contributed by atoms with Gasteiger partial charge in [0.2, 0.25) is 5.91 Å². The lowest BCUT2D eigenvalue weighted by Gasteiger charge is -2.25. The first-order valence-corrected chi connectivity index (χ1v) is 5.41. The number of nitrogens with two attached hydrogens (primary N) is 1. The second-order valence-corrected chi connectivity index (χ2v) is 4.40. The Labute approximate surface area is 88.9 Å². The number of hydrogen-bond acceptors (Lipinski definition) is 2. The van der Waals surface area contributed by atoms with Crippen molar-refractivity contribution in [3.8, 4) is 0 Å². The van der Waals surface area contributed by atoms with Crippen LogP contribution in [0.3, 0.4) is 0 Å². The van der Waals surface area contributed by atoms with Gasteiger partial charge in [-0.2, -0.15) is 0 Å². The van der Waals surface area contributed by atoms with E-state index in [1.54, 1.807) is 0 Å². The number of carbonyl (C=O) groups is 1. The molecule has 0 aromatic heterocycles. The highest BCUT2D eigenvalue weighted by molar-refractivity contribution is 6.00. The van der Waals surface area contributed by atoms with Gasteiger partial charge in [0.1, 0.15) is 0 Å². The fourth-order valence-electron chi connectivity index (χ4n) is 2.51. The van der Waals surface area contributed by atoms with Crippen molar-refractivity contribution in [1.82, 2.24) is 0 Å². The predicted molar refractivity (Wildman–Crippen MR) is 58.3 cm³/mol. The number of fused-ring (bicyclic) bond motifs is 1. The van der Waals surface area contributed by atoms with E-state index in [4.69, 9.17) is 5.73 Å². The van der Waals surface area contributed by atoms with Gasteiger partial charge in [0.25, 0.3) is 0 Å². The fraction of sp³-hybridized carbons (Fsp3) is 0.417. The smallest absolute Gasteiger partial charge is 0.230 e. The van der Waals surface area contributed by atoms with Crippen LogP contribution in [0.25, 0.3) is 0 Å². The zero-order chi connectivity index (χ0) is 10.4. The summed E-state index contributed by atoms with van der Waals surface area (Å²) in [6, 6.07) is 8.46. The minimum Gasteiger partial charge on any atom is -0.326 e. The molecule has 0 spiro atoms. The van der Waals surface area contributed by atoms with Crippen LogP contribution in [-0.4, -0.2) is 11.9 Å². The molecule has 1 amide bonds. The molecule has 1 saturated carbocycles. The lowest BCUT2D eigenvalue weighted by Crippen LogP contribution is -2.29. The monoisotopic (exact) mass is 202 g/mol. The van der Waals surface area contributed by atoms with Crippen molar-refractivity contribution in [1.29, 1.82) is 0 Å². The summed E-state index contributed by atoms with van der Waals surface area (Å²) in [6.45, 7) is 0.556. The summed E-state index contributed by atoms with van der Waals surface area (Å²) >= 11 is 0. The first-order valence-electron chi connectivity index (χ1n) is 5.41. The van der Waals surface area contributed by atoms with Crippen LogP contribution in [-0.2, 0) is 11.3 Å². The van der Waals surface area contributed by atoms with Gasteiger partial charge in [-0.1, -0.05) is 12.1 Å². The fourth-order valence-corrected chi connectivity index (χ4v) is 2.51. The molecule has 0 radical (unpaired) electrons. The van der Waals surface area contributed by atoms with Crippen LogP contribution in [0, 0.1) is 5.92 Å². The molecule has 1 aliphatic carbocycles. The molecule has 2 bridgehead atoms. The van der Waals surface area contributed by atoms with Crippen molar-refractivity contribution in [3.05, 3.63) is 29.8 Å². The van der Waals surface area contributed by atoms with E-state index in [0.717, 1.165) is 24.1 Å². The molecule has 4 rings (SSSR count). The third kappa shape index (κ3) is 1.20. The third-order valence-electron chi connectivity index (χ3n) is 3.52. The molecule has 2 aliphatic heterocycles. The van der Waals surface area contributed by atoms with Crippen molar-refractivity contribution in [2.45, 2.75) is 25.4 Å². The van der Waals surface area contributed by atoms with Crippen LogP contribution in [0.1, 0.15) is 18.4 Å². The van der Waals surface area contributed by atoms with E-state index in [-0.39, 0.29) is 0 Å². The van der Waals surface area contributed by atoms with Gasteiger partial charge in [-0.3, -0.25) is 4.79 Å². The Balaban J connectivity index is 1.90. The number of amides is 1. The molecule has 0 atom stereocenters. The van der Waals surface area contributed by atoms with Gasteiger partial charge in [0, 0.05) is 24.2 Å². The van der Waals surface area contributed by atoms with Crippen molar-refractivity contribution in [3.63, 3.8) is 0 Å². The Kier molecular flexibility index (Phi) is 1.83. The molecular formula is C12H14N2O. The molecule has 3 fully saturated rings. The minimum absolute atomic E-state index is 0.306. The van der Waals surface area contributed by atoms with Crippen LogP contribution < -0.4 is 10.6 Å². The summed E-state index contributed by atoms with van der Waals surface area (Å²) < 4.78 is 0. The molecule has 2 saturated heterocycles. The topological polar surface area (TPSA) is 46.3 Å². The molecule has 1 aromatic carbocycles. The van der Waals surface area contributed by atoms with Gasteiger partial charge in [0.15, 0.2) is 0 Å². The van der Waals surface area contributed by atoms with Gasteiger partial charge in [-0.05, 0) is 30.5 Å². The van der Waals surface area contributed by atoms with Crippen LogP contribution in [0.15, 0.2) is 24.3 Å². The predicted octanol–water partition coefficient (Wildman–Crippen LogP) is 1.27. The number of rotatable bonds is 2. The molecular weight excluding hydrogens is 188 g/mol. The van der Waals surface area contributed by atoms with Crippen LogP contribution >= 0.6 is 0 Å². The number of nitrogens with zero attached hydrogens (tertiary/aromatic N) is 1. The van der Waals surface area contributed by atoms with E-state index in [1.807, 2.05) is 29.2 Å². The summed E-state index contributed by atoms with van der Waals surface area (Å²) in [7, 11) is 0. The van der Waals surface area contributed by atoms with E-state index in [2.05, 4.69) is 0 Å². The Morgan fingerprint density at radius 1 is 1.27 bits per heavy atom. The molecule has 2 N–H and O–H groups in total. The standard InChI is InChI=1S/C12H14N2O/c13-7-8-1-3-10(4-2-8)14-11-5-9(6-11)12(14)15/h1-4,9,11H,5-7,13H2. The Hall–Kier alpha value is -1.35. The maximum atomic E-state index is 11.8. The number of anilines is 1. The first kappa shape index (κ1) is 8.92. The van der Waals surface area contributed by atoms with Gasteiger partial charge < -0.3 is 10.6 Å². The number of carbonyl (C=O) groups excluding carboxylic acids is 1. The molecule has 0 unspecified atom stereocenters. The van der Waals surface area contributed by atoms with E-state index in [0.29, 0.717) is 24.4 Å². The second-order valence-electron chi connectivity index (χ2n) is 4.40. The van der Waals surface area contributed by atoms with Crippen LogP contribution in [0.5, 0.6) is 0 Å². The third-order valence-corrected chi connectivity index (χ3v) is 3.52. The van der Waals surface area contributed by atoms with Crippen LogP contribution in [0.4, 0.5) is 5.69 Å². The lowest BCUT2D eigenvalue weighted by molar-refractivity contribution is -0.119. The summed E-state index contributed by atoms with van der Waals surface area (Å²) in [5.74, 6) is 0.615. The van der Waals surface area contributed by atoms with Gasteiger partial charge in [0.05, 0.1) is 0 Å². The van der Waals surface area contributed by atoms with Crippen LogP contribution in [0.2, 0.25) is 0 Å².